The highest BCUT2D eigenvalue weighted by Gasteiger charge is 2.14. The zero-order valence-electron chi connectivity index (χ0n) is 13.3. The molecular formula is C17H27ClN2O2. The highest BCUT2D eigenvalue weighted by atomic mass is 35.5. The van der Waals surface area contributed by atoms with E-state index in [1.54, 1.807) is 0 Å². The van der Waals surface area contributed by atoms with Gasteiger partial charge in [0, 0.05) is 12.1 Å². The first-order chi connectivity index (χ1) is 10.3. The van der Waals surface area contributed by atoms with Crippen molar-refractivity contribution in [3.63, 3.8) is 0 Å². The molecule has 22 heavy (non-hydrogen) atoms. The van der Waals surface area contributed by atoms with Crippen LogP contribution in [0.5, 0.6) is 5.75 Å². The molecule has 0 aromatic heterocycles. The summed E-state index contributed by atoms with van der Waals surface area (Å²) in [6.07, 6.45) is 4.98. The van der Waals surface area contributed by atoms with E-state index in [-0.39, 0.29) is 18.3 Å². The topological polar surface area (TPSA) is 50.4 Å². The lowest BCUT2D eigenvalue weighted by Crippen LogP contribution is -2.28. The third-order valence-electron chi connectivity index (χ3n) is 3.85. The van der Waals surface area contributed by atoms with Gasteiger partial charge in [-0.15, -0.1) is 12.4 Å². The summed E-state index contributed by atoms with van der Waals surface area (Å²) in [5.74, 6) is 1.65. The van der Waals surface area contributed by atoms with Crippen LogP contribution in [0.3, 0.4) is 0 Å². The molecule has 1 aromatic carbocycles. The fourth-order valence-electron chi connectivity index (χ4n) is 2.58. The van der Waals surface area contributed by atoms with Gasteiger partial charge in [-0.2, -0.15) is 0 Å². The van der Waals surface area contributed by atoms with Crippen LogP contribution in [0.15, 0.2) is 24.3 Å². The van der Waals surface area contributed by atoms with Gasteiger partial charge < -0.3 is 15.4 Å². The lowest BCUT2D eigenvalue weighted by atomic mass is 9.93. The molecule has 0 radical (unpaired) electrons. The Morgan fingerprint density at radius 3 is 2.59 bits per heavy atom. The summed E-state index contributed by atoms with van der Waals surface area (Å²) in [6, 6.07) is 7.59. The highest BCUT2D eigenvalue weighted by molar-refractivity contribution is 5.90. The third-order valence-corrected chi connectivity index (χ3v) is 3.85. The third kappa shape index (κ3) is 6.67. The van der Waals surface area contributed by atoms with Crippen LogP contribution in [0.1, 0.15) is 39.0 Å². The summed E-state index contributed by atoms with van der Waals surface area (Å²) in [5, 5.41) is 6.30. The van der Waals surface area contributed by atoms with Gasteiger partial charge in [0.1, 0.15) is 5.75 Å². The van der Waals surface area contributed by atoms with Crippen LogP contribution in [0.4, 0.5) is 5.69 Å². The molecule has 1 aliphatic rings. The molecule has 0 spiro atoms. The van der Waals surface area contributed by atoms with E-state index in [0.717, 1.165) is 44.0 Å². The van der Waals surface area contributed by atoms with Crippen molar-refractivity contribution in [3.05, 3.63) is 24.3 Å². The van der Waals surface area contributed by atoms with Gasteiger partial charge in [-0.3, -0.25) is 4.79 Å². The number of amides is 1. The molecule has 0 saturated carbocycles. The monoisotopic (exact) mass is 326 g/mol. The van der Waals surface area contributed by atoms with Crippen molar-refractivity contribution >= 4 is 24.0 Å². The number of halogens is 1. The fourth-order valence-corrected chi connectivity index (χ4v) is 2.58. The number of anilines is 1. The van der Waals surface area contributed by atoms with Gasteiger partial charge in [0.05, 0.1) is 6.61 Å². The van der Waals surface area contributed by atoms with E-state index in [4.69, 9.17) is 4.74 Å². The number of hydrogen-bond donors (Lipinski definition) is 2. The zero-order chi connectivity index (χ0) is 14.9. The molecule has 1 fully saturated rings. The number of hydrogen-bond acceptors (Lipinski definition) is 3. The lowest BCUT2D eigenvalue weighted by molar-refractivity contribution is -0.116. The molecule has 2 N–H and O–H groups in total. The quantitative estimate of drug-likeness (QED) is 0.804. The van der Waals surface area contributed by atoms with Crippen molar-refractivity contribution in [2.75, 3.05) is 25.0 Å². The Hall–Kier alpha value is -1.26. The molecule has 4 nitrogen and oxygen atoms in total. The molecule has 0 unspecified atom stereocenters. The number of carbonyl (C=O) groups is 1. The standard InChI is InChI=1S/C17H26N2O2.ClH/c1-2-13-21-16-6-4-15(5-7-16)19-17(20)8-3-14-9-11-18-12-10-14;/h4-7,14,18H,2-3,8-13H2,1H3,(H,19,20);1H. The Balaban J connectivity index is 0.00000242. The van der Waals surface area contributed by atoms with E-state index in [9.17, 15) is 4.79 Å². The molecule has 1 saturated heterocycles. The Kier molecular flexibility index (Phi) is 8.94. The summed E-state index contributed by atoms with van der Waals surface area (Å²) in [7, 11) is 0. The molecule has 1 aromatic rings. The molecule has 124 valence electrons. The Morgan fingerprint density at radius 1 is 1.27 bits per heavy atom. The summed E-state index contributed by atoms with van der Waals surface area (Å²) in [6.45, 7) is 4.98. The van der Waals surface area contributed by atoms with Gasteiger partial charge in [-0.1, -0.05) is 6.92 Å². The largest absolute Gasteiger partial charge is 0.494 e. The second kappa shape index (κ2) is 10.5. The second-order valence-corrected chi connectivity index (χ2v) is 5.65. The van der Waals surface area contributed by atoms with Gasteiger partial charge in [0.25, 0.3) is 0 Å². The van der Waals surface area contributed by atoms with Crippen LogP contribution in [-0.4, -0.2) is 25.6 Å². The van der Waals surface area contributed by atoms with Crippen molar-refractivity contribution in [1.29, 1.82) is 0 Å². The van der Waals surface area contributed by atoms with Crippen LogP contribution in [0, 0.1) is 5.92 Å². The Morgan fingerprint density at radius 2 is 1.95 bits per heavy atom. The zero-order valence-corrected chi connectivity index (χ0v) is 14.1. The maximum Gasteiger partial charge on any atom is 0.224 e. The van der Waals surface area contributed by atoms with E-state index >= 15 is 0 Å². The fraction of sp³-hybridized carbons (Fsp3) is 0.588. The SMILES string of the molecule is CCCOc1ccc(NC(=O)CCC2CCNCC2)cc1.Cl. The van der Waals surface area contributed by atoms with Crippen molar-refractivity contribution < 1.29 is 9.53 Å². The number of carbonyl (C=O) groups excluding carboxylic acids is 1. The first-order valence-electron chi connectivity index (χ1n) is 8.01. The van der Waals surface area contributed by atoms with Crippen molar-refractivity contribution in [3.8, 4) is 5.75 Å². The minimum atomic E-state index is 0. The van der Waals surface area contributed by atoms with Gasteiger partial charge in [-0.05, 0) is 69.0 Å². The number of ether oxygens (including phenoxy) is 1. The summed E-state index contributed by atoms with van der Waals surface area (Å²) >= 11 is 0. The Labute approximate surface area is 139 Å². The average Bonchev–Trinajstić information content (AvgIpc) is 2.53. The predicted octanol–water partition coefficient (Wildman–Crippen LogP) is 3.62. The van der Waals surface area contributed by atoms with E-state index in [2.05, 4.69) is 17.6 Å². The smallest absolute Gasteiger partial charge is 0.224 e. The van der Waals surface area contributed by atoms with Gasteiger partial charge >= 0.3 is 0 Å². The van der Waals surface area contributed by atoms with Gasteiger partial charge in [0.2, 0.25) is 5.91 Å². The van der Waals surface area contributed by atoms with Crippen LogP contribution in [0.2, 0.25) is 0 Å². The summed E-state index contributed by atoms with van der Waals surface area (Å²) in [5.41, 5.74) is 0.842. The van der Waals surface area contributed by atoms with Crippen molar-refractivity contribution in [1.82, 2.24) is 5.32 Å². The van der Waals surface area contributed by atoms with E-state index in [1.807, 2.05) is 24.3 Å². The van der Waals surface area contributed by atoms with E-state index < -0.39 is 0 Å². The minimum Gasteiger partial charge on any atom is -0.494 e. The molecule has 1 heterocycles. The second-order valence-electron chi connectivity index (χ2n) is 5.65. The van der Waals surface area contributed by atoms with Gasteiger partial charge in [-0.25, -0.2) is 0 Å². The summed E-state index contributed by atoms with van der Waals surface area (Å²) in [4.78, 5) is 12.0. The van der Waals surface area contributed by atoms with Gasteiger partial charge in [0.15, 0.2) is 0 Å². The Bertz CT molecular complexity index is 431. The average molecular weight is 327 g/mol. The first-order valence-corrected chi connectivity index (χ1v) is 8.01. The minimum absolute atomic E-state index is 0. The normalized spacial score (nSPS) is 15.0. The van der Waals surface area contributed by atoms with Crippen LogP contribution >= 0.6 is 12.4 Å². The maximum atomic E-state index is 12.0. The predicted molar refractivity (Wildman–Crippen MR) is 92.9 cm³/mol. The number of nitrogens with one attached hydrogen (secondary N) is 2. The van der Waals surface area contributed by atoms with E-state index in [0.29, 0.717) is 12.3 Å². The highest BCUT2D eigenvalue weighted by Crippen LogP contribution is 2.19. The number of piperidine rings is 1. The van der Waals surface area contributed by atoms with Crippen LogP contribution in [0.25, 0.3) is 0 Å². The first kappa shape index (κ1) is 18.8. The number of benzene rings is 1. The maximum absolute atomic E-state index is 12.0. The van der Waals surface area contributed by atoms with E-state index in [1.165, 1.54) is 12.8 Å². The van der Waals surface area contributed by atoms with Crippen molar-refractivity contribution in [2.24, 2.45) is 5.92 Å². The molecule has 1 amide bonds. The van der Waals surface area contributed by atoms with Crippen LogP contribution in [-0.2, 0) is 4.79 Å². The molecule has 5 heteroatoms. The van der Waals surface area contributed by atoms with Crippen LogP contribution < -0.4 is 15.4 Å². The molecule has 2 rings (SSSR count). The molecule has 0 aliphatic carbocycles. The molecular weight excluding hydrogens is 300 g/mol. The molecule has 0 bridgehead atoms. The molecule has 0 atom stereocenters. The summed E-state index contributed by atoms with van der Waals surface area (Å²) < 4.78 is 5.52. The number of rotatable bonds is 7. The lowest BCUT2D eigenvalue weighted by Gasteiger charge is -2.22. The molecule has 1 aliphatic heterocycles. The van der Waals surface area contributed by atoms with Crippen molar-refractivity contribution in [2.45, 2.75) is 39.0 Å².